The third-order valence-corrected chi connectivity index (χ3v) is 4.21. The Hall–Kier alpha value is -1.35. The maximum absolute atomic E-state index is 13.4. The zero-order chi connectivity index (χ0) is 16.8. The van der Waals surface area contributed by atoms with Gasteiger partial charge in [0, 0.05) is 11.4 Å². The number of fused-ring (bicyclic) bond motifs is 1. The van der Waals surface area contributed by atoms with Crippen molar-refractivity contribution in [3.8, 4) is 5.75 Å². The molecule has 1 saturated carbocycles. The van der Waals surface area contributed by atoms with Gasteiger partial charge in [0.1, 0.15) is 16.8 Å². The summed E-state index contributed by atoms with van der Waals surface area (Å²) in [4.78, 5) is 0. The van der Waals surface area contributed by atoms with Gasteiger partial charge in [-0.15, -0.1) is 5.10 Å². The molecule has 126 valence electrons. The second-order valence-electron chi connectivity index (χ2n) is 5.97. The summed E-state index contributed by atoms with van der Waals surface area (Å²) >= 11 is 3.16. The molecule has 23 heavy (non-hydrogen) atoms. The average Bonchev–Trinajstić information content (AvgIpc) is 2.83. The minimum atomic E-state index is -4.54. The van der Waals surface area contributed by atoms with Crippen LogP contribution in [0.4, 0.5) is 13.2 Å². The number of hydrogen-bond acceptors (Lipinski definition) is 4. The first kappa shape index (κ1) is 16.5. The van der Waals surface area contributed by atoms with Crippen molar-refractivity contribution in [1.82, 2.24) is 15.0 Å². The van der Waals surface area contributed by atoms with E-state index in [9.17, 15) is 18.3 Å². The summed E-state index contributed by atoms with van der Waals surface area (Å²) in [5.74, 6) is 0.108. The molecule has 0 atom stereocenters. The molecule has 3 rings (SSSR count). The van der Waals surface area contributed by atoms with Crippen LogP contribution in [0.25, 0.3) is 11.0 Å². The molecule has 1 aliphatic rings. The van der Waals surface area contributed by atoms with Gasteiger partial charge < -0.3 is 9.84 Å². The van der Waals surface area contributed by atoms with Crippen LogP contribution in [0.2, 0.25) is 0 Å². The number of benzene rings is 1. The van der Waals surface area contributed by atoms with Gasteiger partial charge in [-0.25, -0.2) is 4.68 Å². The van der Waals surface area contributed by atoms with Gasteiger partial charge in [0.15, 0.2) is 0 Å². The fraction of sp³-hybridized carbons (Fsp3) is 0.571. The van der Waals surface area contributed by atoms with Gasteiger partial charge in [-0.1, -0.05) is 21.1 Å². The highest BCUT2D eigenvalue weighted by Gasteiger charge is 2.43. The molecule has 1 aromatic heterocycles. The SMILES string of the molecule is CC1(O)CC(n2nnc3cc(OCCBr)cc(C(F)(F)F)c32)C1. The molecule has 0 spiro atoms. The minimum absolute atomic E-state index is 0.0656. The van der Waals surface area contributed by atoms with Crippen LogP contribution in [-0.4, -0.2) is 37.6 Å². The largest absolute Gasteiger partial charge is 0.493 e. The van der Waals surface area contributed by atoms with Crippen LogP contribution in [-0.2, 0) is 6.18 Å². The van der Waals surface area contributed by atoms with Crippen LogP contribution >= 0.6 is 15.9 Å². The van der Waals surface area contributed by atoms with Gasteiger partial charge in [0.2, 0.25) is 0 Å². The molecule has 2 aromatic rings. The highest BCUT2D eigenvalue weighted by molar-refractivity contribution is 9.09. The van der Waals surface area contributed by atoms with Gasteiger partial charge in [0.05, 0.1) is 23.8 Å². The normalized spacial score (nSPS) is 24.7. The Morgan fingerprint density at radius 1 is 1.43 bits per heavy atom. The summed E-state index contributed by atoms with van der Waals surface area (Å²) in [5, 5.41) is 18.0. The Bertz CT molecular complexity index is 722. The molecule has 1 fully saturated rings. The topological polar surface area (TPSA) is 60.2 Å². The monoisotopic (exact) mass is 393 g/mol. The number of ether oxygens (including phenoxy) is 1. The van der Waals surface area contributed by atoms with E-state index in [0.29, 0.717) is 18.2 Å². The predicted octanol–water partition coefficient (Wildman–Crippen LogP) is 3.31. The average molecular weight is 394 g/mol. The lowest BCUT2D eigenvalue weighted by atomic mass is 9.77. The zero-order valence-corrected chi connectivity index (χ0v) is 13.9. The number of nitrogens with zero attached hydrogens (tertiary/aromatic N) is 3. The van der Waals surface area contributed by atoms with E-state index in [2.05, 4.69) is 26.2 Å². The summed E-state index contributed by atoms with van der Waals surface area (Å²) < 4.78 is 46.8. The van der Waals surface area contributed by atoms with Crippen molar-refractivity contribution in [2.45, 2.75) is 37.6 Å². The van der Waals surface area contributed by atoms with E-state index in [-0.39, 0.29) is 29.4 Å². The molecule has 1 aliphatic carbocycles. The fourth-order valence-electron chi connectivity index (χ4n) is 2.89. The van der Waals surface area contributed by atoms with Crippen LogP contribution in [0.3, 0.4) is 0 Å². The summed E-state index contributed by atoms with van der Waals surface area (Å²) in [5.41, 5.74) is -1.61. The first-order valence-electron chi connectivity index (χ1n) is 7.08. The zero-order valence-electron chi connectivity index (χ0n) is 12.3. The lowest BCUT2D eigenvalue weighted by Gasteiger charge is -2.40. The molecule has 9 heteroatoms. The van der Waals surface area contributed by atoms with E-state index in [1.165, 1.54) is 10.7 Å². The van der Waals surface area contributed by atoms with E-state index in [1.807, 2.05) is 0 Å². The van der Waals surface area contributed by atoms with Crippen LogP contribution in [0, 0.1) is 0 Å². The molecule has 0 unspecified atom stereocenters. The summed E-state index contributed by atoms with van der Waals surface area (Å²) in [7, 11) is 0. The molecule has 0 amide bonds. The molecule has 0 saturated heterocycles. The second kappa shape index (κ2) is 5.62. The highest BCUT2D eigenvalue weighted by atomic mass is 79.9. The van der Waals surface area contributed by atoms with E-state index in [0.717, 1.165) is 6.07 Å². The Kier molecular flexibility index (Phi) is 4.04. The molecule has 0 bridgehead atoms. The van der Waals surface area contributed by atoms with Gasteiger partial charge in [-0.05, 0) is 25.8 Å². The first-order valence-corrected chi connectivity index (χ1v) is 8.21. The Labute approximate surface area is 138 Å². The molecule has 1 aromatic carbocycles. The number of aromatic nitrogens is 3. The fourth-order valence-corrected chi connectivity index (χ4v) is 3.05. The number of aliphatic hydroxyl groups is 1. The Morgan fingerprint density at radius 2 is 2.13 bits per heavy atom. The Balaban J connectivity index is 2.07. The number of alkyl halides is 4. The standard InChI is InChI=1S/C14H15BrF3N3O2/c1-13(22)6-8(7-13)21-12-10(14(16,17)18)4-9(23-3-2-15)5-11(12)19-20-21/h4-5,8,22H,2-3,6-7H2,1H3. The van der Waals surface area contributed by atoms with E-state index in [1.54, 1.807) is 6.92 Å². The Morgan fingerprint density at radius 3 is 2.70 bits per heavy atom. The van der Waals surface area contributed by atoms with E-state index >= 15 is 0 Å². The maximum Gasteiger partial charge on any atom is 0.418 e. The summed E-state index contributed by atoms with van der Waals surface area (Å²) in [6.45, 7) is 1.90. The van der Waals surface area contributed by atoms with Crippen molar-refractivity contribution in [3.63, 3.8) is 0 Å². The van der Waals surface area contributed by atoms with Crippen molar-refractivity contribution in [2.75, 3.05) is 11.9 Å². The van der Waals surface area contributed by atoms with Gasteiger partial charge >= 0.3 is 6.18 Å². The molecular weight excluding hydrogens is 379 g/mol. The van der Waals surface area contributed by atoms with Crippen LogP contribution < -0.4 is 4.74 Å². The van der Waals surface area contributed by atoms with Gasteiger partial charge in [0.25, 0.3) is 0 Å². The quantitative estimate of drug-likeness (QED) is 0.809. The molecule has 5 nitrogen and oxygen atoms in total. The summed E-state index contributed by atoms with van der Waals surface area (Å²) in [6, 6.07) is 2.14. The van der Waals surface area contributed by atoms with Crippen LogP contribution in [0.5, 0.6) is 5.75 Å². The van der Waals surface area contributed by atoms with Crippen molar-refractivity contribution >= 4 is 27.0 Å². The molecule has 1 N–H and O–H groups in total. The first-order chi connectivity index (χ1) is 10.7. The van der Waals surface area contributed by atoms with Gasteiger partial charge in [-0.3, -0.25) is 0 Å². The van der Waals surface area contributed by atoms with Crippen LogP contribution in [0.1, 0.15) is 31.4 Å². The van der Waals surface area contributed by atoms with E-state index < -0.39 is 17.3 Å². The van der Waals surface area contributed by atoms with Crippen molar-refractivity contribution in [3.05, 3.63) is 17.7 Å². The lowest BCUT2D eigenvalue weighted by Crippen LogP contribution is -2.42. The van der Waals surface area contributed by atoms with Gasteiger partial charge in [-0.2, -0.15) is 13.2 Å². The minimum Gasteiger partial charge on any atom is -0.493 e. The predicted molar refractivity (Wildman–Crippen MR) is 80.7 cm³/mol. The third-order valence-electron chi connectivity index (χ3n) is 3.89. The summed E-state index contributed by atoms with van der Waals surface area (Å²) in [6.07, 6.45) is -3.84. The van der Waals surface area contributed by atoms with Crippen molar-refractivity contribution in [1.29, 1.82) is 0 Å². The maximum atomic E-state index is 13.4. The molecule has 0 aliphatic heterocycles. The van der Waals surface area contributed by atoms with E-state index in [4.69, 9.17) is 4.74 Å². The number of rotatable bonds is 4. The number of hydrogen-bond donors (Lipinski definition) is 1. The number of halogens is 4. The van der Waals surface area contributed by atoms with Crippen molar-refractivity contribution < 1.29 is 23.0 Å². The lowest BCUT2D eigenvalue weighted by molar-refractivity contribution is -0.136. The molecular formula is C14H15BrF3N3O2. The third kappa shape index (κ3) is 3.16. The van der Waals surface area contributed by atoms with Crippen molar-refractivity contribution in [2.24, 2.45) is 0 Å². The molecule has 1 heterocycles. The second-order valence-corrected chi connectivity index (χ2v) is 6.76. The molecule has 0 radical (unpaired) electrons. The van der Waals surface area contributed by atoms with Crippen LogP contribution in [0.15, 0.2) is 12.1 Å². The smallest absolute Gasteiger partial charge is 0.418 e. The highest BCUT2D eigenvalue weighted by Crippen LogP contribution is 2.44.